The van der Waals surface area contributed by atoms with Crippen LogP contribution in [0.25, 0.3) is 0 Å². The van der Waals surface area contributed by atoms with Gasteiger partial charge in [0.2, 0.25) is 0 Å². The standard InChI is InChI=1S/C16H24N2O2/c1-4-16(5-2,12-19)11-18-10-13-6-7-15(20-3)14(8-13)9-17/h6-8,18-19H,4-5,10-12H2,1-3H3. The highest BCUT2D eigenvalue weighted by Crippen LogP contribution is 2.24. The Labute approximate surface area is 121 Å². The molecular formula is C16H24N2O2. The molecule has 1 aromatic rings. The molecule has 0 aliphatic carbocycles. The summed E-state index contributed by atoms with van der Waals surface area (Å²) in [5.41, 5.74) is 1.54. The van der Waals surface area contributed by atoms with Crippen LogP contribution in [0.1, 0.15) is 37.8 Å². The van der Waals surface area contributed by atoms with E-state index >= 15 is 0 Å². The summed E-state index contributed by atoms with van der Waals surface area (Å²) in [6.45, 7) is 5.84. The van der Waals surface area contributed by atoms with Gasteiger partial charge in [0.1, 0.15) is 11.8 Å². The van der Waals surface area contributed by atoms with Gasteiger partial charge in [-0.3, -0.25) is 0 Å². The van der Waals surface area contributed by atoms with Crippen molar-refractivity contribution in [3.8, 4) is 11.8 Å². The summed E-state index contributed by atoms with van der Waals surface area (Å²) >= 11 is 0. The molecule has 1 rings (SSSR count). The first-order valence-corrected chi connectivity index (χ1v) is 7.03. The largest absolute Gasteiger partial charge is 0.495 e. The van der Waals surface area contributed by atoms with Crippen LogP contribution in [0, 0.1) is 16.7 Å². The van der Waals surface area contributed by atoms with Gasteiger partial charge in [0, 0.05) is 25.1 Å². The van der Waals surface area contributed by atoms with Gasteiger partial charge in [0.05, 0.1) is 12.7 Å². The molecule has 0 amide bonds. The Hall–Kier alpha value is -1.57. The monoisotopic (exact) mass is 276 g/mol. The molecule has 0 aliphatic rings. The van der Waals surface area contributed by atoms with Gasteiger partial charge >= 0.3 is 0 Å². The average molecular weight is 276 g/mol. The number of hydrogen-bond acceptors (Lipinski definition) is 4. The Morgan fingerprint density at radius 3 is 2.55 bits per heavy atom. The lowest BCUT2D eigenvalue weighted by molar-refractivity contribution is 0.113. The van der Waals surface area contributed by atoms with Crippen molar-refractivity contribution >= 4 is 0 Å². The minimum absolute atomic E-state index is 0.0511. The van der Waals surface area contributed by atoms with Crippen molar-refractivity contribution in [3.05, 3.63) is 29.3 Å². The zero-order valence-corrected chi connectivity index (χ0v) is 12.6. The van der Waals surface area contributed by atoms with E-state index in [1.165, 1.54) is 0 Å². The third kappa shape index (κ3) is 3.96. The fourth-order valence-corrected chi connectivity index (χ4v) is 2.20. The van der Waals surface area contributed by atoms with E-state index in [9.17, 15) is 5.11 Å². The summed E-state index contributed by atoms with van der Waals surface area (Å²) < 4.78 is 5.13. The van der Waals surface area contributed by atoms with E-state index in [1.54, 1.807) is 7.11 Å². The number of benzene rings is 1. The van der Waals surface area contributed by atoms with Crippen LogP contribution < -0.4 is 10.1 Å². The van der Waals surface area contributed by atoms with Gasteiger partial charge in [-0.25, -0.2) is 0 Å². The molecule has 0 aliphatic heterocycles. The molecule has 0 unspecified atom stereocenters. The molecule has 0 heterocycles. The summed E-state index contributed by atoms with van der Waals surface area (Å²) in [6.07, 6.45) is 1.89. The maximum Gasteiger partial charge on any atom is 0.136 e. The van der Waals surface area contributed by atoms with Gasteiger partial charge in [-0.15, -0.1) is 0 Å². The van der Waals surface area contributed by atoms with Crippen molar-refractivity contribution in [2.75, 3.05) is 20.3 Å². The number of rotatable bonds is 8. The Balaban J connectivity index is 2.65. The average Bonchev–Trinajstić information content (AvgIpc) is 2.51. The van der Waals surface area contributed by atoms with Gasteiger partial charge in [-0.1, -0.05) is 19.9 Å². The number of hydrogen-bond donors (Lipinski definition) is 2. The zero-order chi connectivity index (χ0) is 15.0. The Morgan fingerprint density at radius 2 is 2.05 bits per heavy atom. The van der Waals surface area contributed by atoms with Crippen molar-refractivity contribution < 1.29 is 9.84 Å². The fourth-order valence-electron chi connectivity index (χ4n) is 2.20. The second-order valence-electron chi connectivity index (χ2n) is 5.12. The molecule has 1 aromatic carbocycles. The molecule has 0 saturated carbocycles. The molecule has 4 nitrogen and oxygen atoms in total. The van der Waals surface area contributed by atoms with Gasteiger partial charge in [-0.05, 0) is 30.5 Å². The SMILES string of the molecule is CCC(CC)(CO)CNCc1ccc(OC)c(C#N)c1. The van der Waals surface area contributed by atoms with Crippen LogP contribution in [-0.4, -0.2) is 25.4 Å². The van der Waals surface area contributed by atoms with Crippen molar-refractivity contribution in [1.29, 1.82) is 5.26 Å². The maximum absolute atomic E-state index is 9.52. The first-order chi connectivity index (χ1) is 9.64. The minimum atomic E-state index is -0.0511. The van der Waals surface area contributed by atoms with Crippen LogP contribution in [0.5, 0.6) is 5.75 Å². The Morgan fingerprint density at radius 1 is 1.35 bits per heavy atom. The van der Waals surface area contributed by atoms with Crippen molar-refractivity contribution in [3.63, 3.8) is 0 Å². The molecule has 0 fully saturated rings. The second kappa shape index (κ2) is 7.88. The third-order valence-corrected chi connectivity index (χ3v) is 4.05. The first kappa shape index (κ1) is 16.5. The summed E-state index contributed by atoms with van der Waals surface area (Å²) in [4.78, 5) is 0. The molecule has 0 bridgehead atoms. The van der Waals surface area contributed by atoms with Crippen LogP contribution in [0.15, 0.2) is 18.2 Å². The summed E-state index contributed by atoms with van der Waals surface area (Å²) in [6, 6.07) is 7.74. The molecule has 0 atom stereocenters. The Bertz CT molecular complexity index is 454. The highest BCUT2D eigenvalue weighted by Gasteiger charge is 2.24. The third-order valence-electron chi connectivity index (χ3n) is 4.05. The first-order valence-electron chi connectivity index (χ1n) is 7.03. The topological polar surface area (TPSA) is 65.3 Å². The number of aliphatic hydroxyl groups excluding tert-OH is 1. The quantitative estimate of drug-likeness (QED) is 0.765. The normalized spacial score (nSPS) is 11.2. The van der Waals surface area contributed by atoms with E-state index in [-0.39, 0.29) is 12.0 Å². The number of aliphatic hydroxyl groups is 1. The van der Waals surface area contributed by atoms with E-state index in [0.29, 0.717) is 17.9 Å². The minimum Gasteiger partial charge on any atom is -0.495 e. The van der Waals surface area contributed by atoms with E-state index < -0.39 is 0 Å². The van der Waals surface area contributed by atoms with Gasteiger partial charge in [0.15, 0.2) is 0 Å². The van der Waals surface area contributed by atoms with Gasteiger partial charge in [-0.2, -0.15) is 5.26 Å². The Kier molecular flexibility index (Phi) is 6.50. The highest BCUT2D eigenvalue weighted by molar-refractivity contribution is 5.45. The van der Waals surface area contributed by atoms with Gasteiger partial charge < -0.3 is 15.2 Å². The predicted molar refractivity (Wildman–Crippen MR) is 79.5 cm³/mol. The van der Waals surface area contributed by atoms with E-state index in [4.69, 9.17) is 10.00 Å². The van der Waals surface area contributed by atoms with Crippen molar-refractivity contribution in [1.82, 2.24) is 5.32 Å². The number of nitrogens with zero attached hydrogens (tertiary/aromatic N) is 1. The second-order valence-corrected chi connectivity index (χ2v) is 5.12. The summed E-state index contributed by atoms with van der Waals surface area (Å²) in [7, 11) is 1.56. The number of nitriles is 1. The van der Waals surface area contributed by atoms with Crippen molar-refractivity contribution in [2.24, 2.45) is 5.41 Å². The molecule has 4 heteroatoms. The molecule has 0 radical (unpaired) electrons. The predicted octanol–water partition coefficient (Wildman–Crippen LogP) is 2.46. The zero-order valence-electron chi connectivity index (χ0n) is 12.6. The van der Waals surface area contributed by atoms with Crippen LogP contribution in [0.2, 0.25) is 0 Å². The molecule has 0 aromatic heterocycles. The highest BCUT2D eigenvalue weighted by atomic mass is 16.5. The van der Waals surface area contributed by atoms with E-state index in [1.807, 2.05) is 18.2 Å². The molecule has 0 spiro atoms. The molecule has 2 N–H and O–H groups in total. The molecule has 0 saturated heterocycles. The lowest BCUT2D eigenvalue weighted by atomic mass is 9.83. The number of nitrogens with one attached hydrogen (secondary N) is 1. The van der Waals surface area contributed by atoms with Crippen LogP contribution in [0.4, 0.5) is 0 Å². The molecule has 110 valence electrons. The maximum atomic E-state index is 9.52. The number of ether oxygens (including phenoxy) is 1. The van der Waals surface area contributed by atoms with E-state index in [2.05, 4.69) is 25.2 Å². The lowest BCUT2D eigenvalue weighted by Crippen LogP contribution is -2.36. The van der Waals surface area contributed by atoms with Crippen LogP contribution in [-0.2, 0) is 6.54 Å². The smallest absolute Gasteiger partial charge is 0.136 e. The van der Waals surface area contributed by atoms with Crippen LogP contribution >= 0.6 is 0 Å². The molecular weight excluding hydrogens is 252 g/mol. The number of methoxy groups -OCH3 is 1. The summed E-state index contributed by atoms with van der Waals surface area (Å²) in [5, 5.41) is 22.0. The van der Waals surface area contributed by atoms with Crippen LogP contribution in [0.3, 0.4) is 0 Å². The van der Waals surface area contributed by atoms with Crippen molar-refractivity contribution in [2.45, 2.75) is 33.2 Å². The molecule has 20 heavy (non-hydrogen) atoms. The van der Waals surface area contributed by atoms with E-state index in [0.717, 1.165) is 24.9 Å². The summed E-state index contributed by atoms with van der Waals surface area (Å²) in [5.74, 6) is 0.600. The lowest BCUT2D eigenvalue weighted by Gasteiger charge is -2.29. The van der Waals surface area contributed by atoms with Gasteiger partial charge in [0.25, 0.3) is 0 Å². The fraction of sp³-hybridized carbons (Fsp3) is 0.562.